The van der Waals surface area contributed by atoms with Crippen molar-refractivity contribution >= 4 is 21.9 Å². The molecule has 0 radical (unpaired) electrons. The number of hydrogen-bond donors (Lipinski definition) is 0. The van der Waals surface area contributed by atoms with Gasteiger partial charge in [0.2, 0.25) is 0 Å². The summed E-state index contributed by atoms with van der Waals surface area (Å²) in [5, 5.41) is 2.11. The van der Waals surface area contributed by atoms with Crippen LogP contribution in [0.1, 0.15) is 0 Å². The summed E-state index contributed by atoms with van der Waals surface area (Å²) >= 11 is 0. The van der Waals surface area contributed by atoms with Crippen molar-refractivity contribution in [2.45, 2.75) is 0 Å². The van der Waals surface area contributed by atoms with Crippen LogP contribution in [0.15, 0.2) is 186 Å². The third-order valence-electron chi connectivity index (χ3n) is 9.15. The Balaban J connectivity index is 1.08. The van der Waals surface area contributed by atoms with Crippen LogP contribution in [-0.2, 0) is 0 Å². The van der Waals surface area contributed by atoms with Crippen LogP contribution in [0.3, 0.4) is 0 Å². The highest BCUT2D eigenvalue weighted by atomic mass is 16.3. The molecule has 0 saturated heterocycles. The van der Waals surface area contributed by atoms with Crippen LogP contribution in [0.4, 0.5) is 0 Å². The highest BCUT2D eigenvalue weighted by Gasteiger charge is 2.17. The fraction of sp³-hybridized carbons (Fsp3) is 0. The minimum atomic E-state index is 0.637. The van der Waals surface area contributed by atoms with E-state index in [4.69, 9.17) is 14.4 Å². The fourth-order valence-electron chi connectivity index (χ4n) is 6.58. The zero-order valence-electron chi connectivity index (χ0n) is 26.6. The summed E-state index contributed by atoms with van der Waals surface area (Å²) in [6, 6.07) is 63.3. The van der Waals surface area contributed by atoms with Gasteiger partial charge in [0, 0.05) is 21.9 Å². The van der Waals surface area contributed by atoms with Crippen LogP contribution < -0.4 is 0 Å². The molecule has 0 fully saturated rings. The van der Waals surface area contributed by atoms with E-state index in [1.807, 2.05) is 42.5 Å². The lowest BCUT2D eigenvalue weighted by molar-refractivity contribution is 0.669. The van der Waals surface area contributed by atoms with Crippen molar-refractivity contribution in [3.63, 3.8) is 0 Å². The molecule has 0 saturated carbocycles. The molecule has 0 bridgehead atoms. The van der Waals surface area contributed by atoms with Gasteiger partial charge in [-0.3, -0.25) is 0 Å². The van der Waals surface area contributed by atoms with Gasteiger partial charge in [-0.2, -0.15) is 0 Å². The van der Waals surface area contributed by atoms with E-state index < -0.39 is 0 Å². The number of para-hydroxylation sites is 1. The zero-order valence-corrected chi connectivity index (χ0v) is 26.6. The largest absolute Gasteiger partial charge is 0.455 e. The van der Waals surface area contributed by atoms with Gasteiger partial charge in [-0.15, -0.1) is 0 Å². The van der Waals surface area contributed by atoms with Crippen molar-refractivity contribution in [2.24, 2.45) is 0 Å². The van der Waals surface area contributed by atoms with Gasteiger partial charge < -0.3 is 4.42 Å². The second-order valence-electron chi connectivity index (χ2n) is 12.2. The van der Waals surface area contributed by atoms with E-state index >= 15 is 0 Å². The summed E-state index contributed by atoms with van der Waals surface area (Å²) in [7, 11) is 0. The highest BCUT2D eigenvalue weighted by Crippen LogP contribution is 2.38. The molecular weight excluding hydrogens is 597 g/mol. The van der Waals surface area contributed by atoms with Crippen molar-refractivity contribution in [1.29, 1.82) is 0 Å². The molecular formula is C46H30N2O. The lowest BCUT2D eigenvalue weighted by Crippen LogP contribution is -1.96. The maximum Gasteiger partial charge on any atom is 0.164 e. The third kappa shape index (κ3) is 5.48. The summed E-state index contributed by atoms with van der Waals surface area (Å²) in [6.07, 6.45) is 0. The van der Waals surface area contributed by atoms with Gasteiger partial charge in [0.15, 0.2) is 5.82 Å². The van der Waals surface area contributed by atoms with Crippen LogP contribution in [0.2, 0.25) is 0 Å². The van der Waals surface area contributed by atoms with E-state index in [1.165, 1.54) is 22.3 Å². The van der Waals surface area contributed by atoms with Crippen LogP contribution in [0.25, 0.3) is 89.2 Å². The SMILES string of the molecule is c1ccc(-c2ccc(-c3ccc(-c4ccc5oc6c(-c7nc(-c8ccccc8)cc(-c8ccccc8)n7)cccc6c5c4)cc3)cc2)cc1. The standard InChI is InChI=1S/C46H30N2O/c1-4-11-31(12-5-1)32-19-21-33(22-20-32)34-23-25-35(26-24-34)38-27-28-44-41(29-38)39-17-10-18-40(45(39)49-44)46-47-42(36-13-6-2-7-14-36)30-43(48-46)37-15-8-3-9-16-37/h1-30H. The number of furan rings is 1. The minimum absolute atomic E-state index is 0.637. The molecule has 2 heterocycles. The lowest BCUT2D eigenvalue weighted by atomic mass is 9.97. The van der Waals surface area contributed by atoms with Gasteiger partial charge in [-0.1, -0.05) is 158 Å². The Kier molecular flexibility index (Phi) is 7.14. The Labute approximate surface area is 284 Å². The molecule has 0 amide bonds. The first kappa shape index (κ1) is 28.6. The molecule has 0 aliphatic heterocycles. The van der Waals surface area contributed by atoms with E-state index in [1.54, 1.807) is 0 Å². The minimum Gasteiger partial charge on any atom is -0.455 e. The summed E-state index contributed by atoms with van der Waals surface area (Å²) in [5.74, 6) is 0.637. The molecule has 0 unspecified atom stereocenters. The van der Waals surface area contributed by atoms with Gasteiger partial charge >= 0.3 is 0 Å². The van der Waals surface area contributed by atoms with Crippen molar-refractivity contribution in [3.05, 3.63) is 182 Å². The van der Waals surface area contributed by atoms with Gasteiger partial charge in [0.1, 0.15) is 11.2 Å². The predicted molar refractivity (Wildman–Crippen MR) is 202 cm³/mol. The molecule has 0 spiro atoms. The number of aromatic nitrogens is 2. The number of hydrogen-bond acceptors (Lipinski definition) is 3. The number of nitrogens with zero attached hydrogens (tertiary/aromatic N) is 2. The van der Waals surface area contributed by atoms with E-state index in [-0.39, 0.29) is 0 Å². The van der Waals surface area contributed by atoms with Crippen LogP contribution >= 0.6 is 0 Å². The Morgan fingerprint density at radius 3 is 1.31 bits per heavy atom. The molecule has 0 N–H and O–H groups in total. The first-order valence-corrected chi connectivity index (χ1v) is 16.5. The monoisotopic (exact) mass is 626 g/mol. The van der Waals surface area contributed by atoms with Gasteiger partial charge in [0.25, 0.3) is 0 Å². The average Bonchev–Trinajstić information content (AvgIpc) is 3.57. The zero-order chi connectivity index (χ0) is 32.6. The molecule has 3 heteroatoms. The molecule has 49 heavy (non-hydrogen) atoms. The maximum atomic E-state index is 6.56. The lowest BCUT2D eigenvalue weighted by Gasteiger charge is -2.09. The molecule has 0 atom stereocenters. The summed E-state index contributed by atoms with van der Waals surface area (Å²) in [5.41, 5.74) is 13.4. The van der Waals surface area contributed by atoms with Crippen LogP contribution in [0, 0.1) is 0 Å². The van der Waals surface area contributed by atoms with Crippen molar-refractivity contribution in [2.75, 3.05) is 0 Å². The highest BCUT2D eigenvalue weighted by molar-refractivity contribution is 6.10. The van der Waals surface area contributed by atoms with E-state index in [0.29, 0.717) is 5.82 Å². The quantitative estimate of drug-likeness (QED) is 0.184. The van der Waals surface area contributed by atoms with E-state index in [0.717, 1.165) is 61.1 Å². The Morgan fingerprint density at radius 2 is 0.776 bits per heavy atom. The first-order chi connectivity index (χ1) is 24.3. The Bertz CT molecular complexity index is 2500. The molecule has 0 aliphatic carbocycles. The molecule has 9 rings (SSSR count). The molecule has 230 valence electrons. The molecule has 7 aromatic carbocycles. The first-order valence-electron chi connectivity index (χ1n) is 16.5. The number of rotatable bonds is 6. The number of fused-ring (bicyclic) bond motifs is 3. The van der Waals surface area contributed by atoms with Crippen molar-refractivity contribution < 1.29 is 4.42 Å². The van der Waals surface area contributed by atoms with Crippen molar-refractivity contribution in [1.82, 2.24) is 9.97 Å². The summed E-state index contributed by atoms with van der Waals surface area (Å²) < 4.78 is 6.56. The molecule has 2 aromatic heterocycles. The van der Waals surface area contributed by atoms with Crippen LogP contribution in [0.5, 0.6) is 0 Å². The second kappa shape index (κ2) is 12.2. The maximum absolute atomic E-state index is 6.56. The normalized spacial score (nSPS) is 11.3. The predicted octanol–water partition coefficient (Wildman–Crippen LogP) is 12.4. The molecule has 0 aliphatic rings. The topological polar surface area (TPSA) is 38.9 Å². The third-order valence-corrected chi connectivity index (χ3v) is 9.15. The average molecular weight is 627 g/mol. The summed E-state index contributed by atoms with van der Waals surface area (Å²) in [6.45, 7) is 0. The second-order valence-corrected chi connectivity index (χ2v) is 12.2. The van der Waals surface area contributed by atoms with Crippen molar-refractivity contribution in [3.8, 4) is 67.3 Å². The summed E-state index contributed by atoms with van der Waals surface area (Å²) in [4.78, 5) is 10.1. The fourth-order valence-corrected chi connectivity index (χ4v) is 6.58. The van der Waals surface area contributed by atoms with Gasteiger partial charge in [-0.05, 0) is 57.6 Å². The van der Waals surface area contributed by atoms with E-state index in [2.05, 4.69) is 140 Å². The van der Waals surface area contributed by atoms with E-state index in [9.17, 15) is 0 Å². The van der Waals surface area contributed by atoms with Gasteiger partial charge in [-0.25, -0.2) is 9.97 Å². The smallest absolute Gasteiger partial charge is 0.164 e. The Hall–Kier alpha value is -6.58. The van der Waals surface area contributed by atoms with Crippen LogP contribution in [-0.4, -0.2) is 9.97 Å². The molecule has 9 aromatic rings. The Morgan fingerprint density at radius 1 is 0.327 bits per heavy atom. The number of benzene rings is 7. The van der Waals surface area contributed by atoms with Gasteiger partial charge in [0.05, 0.1) is 17.0 Å². The molecule has 3 nitrogen and oxygen atoms in total.